The van der Waals surface area contributed by atoms with E-state index < -0.39 is 0 Å². The minimum absolute atomic E-state index is 0.0906. The topological polar surface area (TPSA) is 45.8 Å². The third-order valence-electron chi connectivity index (χ3n) is 2.46. The average Bonchev–Trinajstić information content (AvgIpc) is 2.34. The molecule has 2 rings (SSSR count). The van der Waals surface area contributed by atoms with Crippen molar-refractivity contribution in [3.8, 4) is 6.07 Å². The van der Waals surface area contributed by atoms with Gasteiger partial charge < -0.3 is 0 Å². The van der Waals surface area contributed by atoms with Crippen molar-refractivity contribution in [2.24, 2.45) is 0 Å². The van der Waals surface area contributed by atoms with Crippen LogP contribution < -0.4 is 5.56 Å². The summed E-state index contributed by atoms with van der Waals surface area (Å²) in [6.07, 6.45) is 0. The lowest BCUT2D eigenvalue weighted by Crippen LogP contribution is -2.20. The highest BCUT2D eigenvalue weighted by Crippen LogP contribution is 2.12. The lowest BCUT2D eigenvalue weighted by molar-refractivity contribution is 0.738. The summed E-state index contributed by atoms with van der Waals surface area (Å²) in [5, 5.41) is 8.99. The van der Waals surface area contributed by atoms with E-state index in [-0.39, 0.29) is 5.56 Å². The molecule has 0 amide bonds. The van der Waals surface area contributed by atoms with Crippen LogP contribution in [0.15, 0.2) is 51.9 Å². The van der Waals surface area contributed by atoms with Gasteiger partial charge in [0.05, 0.1) is 22.8 Å². The predicted molar refractivity (Wildman–Crippen MR) is 68.7 cm³/mol. The first-order valence-electron chi connectivity index (χ1n) is 5.06. The van der Waals surface area contributed by atoms with E-state index in [2.05, 4.69) is 22.0 Å². The molecule has 1 heterocycles. The molecule has 0 spiro atoms. The quantitative estimate of drug-likeness (QED) is 0.797. The zero-order valence-electron chi connectivity index (χ0n) is 8.93. The molecular formula is C13H9BrN2O. The summed E-state index contributed by atoms with van der Waals surface area (Å²) < 4.78 is 2.29. The van der Waals surface area contributed by atoms with Crippen LogP contribution in [0.3, 0.4) is 0 Å². The summed E-state index contributed by atoms with van der Waals surface area (Å²) in [4.78, 5) is 11.7. The van der Waals surface area contributed by atoms with Gasteiger partial charge in [-0.15, -0.1) is 0 Å². The Hall–Kier alpha value is -1.86. The first kappa shape index (κ1) is 11.6. The molecule has 0 aliphatic heterocycles. The van der Waals surface area contributed by atoms with E-state index in [1.54, 1.807) is 22.8 Å². The number of nitriles is 1. The molecule has 0 radical (unpaired) electrons. The van der Waals surface area contributed by atoms with E-state index in [1.807, 2.05) is 18.2 Å². The highest BCUT2D eigenvalue weighted by Gasteiger charge is 2.05. The molecule has 0 aliphatic carbocycles. The zero-order chi connectivity index (χ0) is 12.3. The lowest BCUT2D eigenvalue weighted by Gasteiger charge is -2.09. The van der Waals surface area contributed by atoms with E-state index in [0.29, 0.717) is 16.7 Å². The number of halogens is 1. The molecule has 1 aromatic heterocycles. The van der Waals surface area contributed by atoms with E-state index >= 15 is 0 Å². The van der Waals surface area contributed by atoms with Crippen molar-refractivity contribution in [1.29, 1.82) is 5.26 Å². The second kappa shape index (κ2) is 4.98. The summed E-state index contributed by atoms with van der Waals surface area (Å²) in [6.45, 7) is 0.393. The number of hydrogen-bond acceptors (Lipinski definition) is 2. The average molecular weight is 289 g/mol. The Labute approximate surface area is 107 Å². The second-order valence-electron chi connectivity index (χ2n) is 3.54. The van der Waals surface area contributed by atoms with Crippen LogP contribution in [0.4, 0.5) is 0 Å². The Kier molecular flexibility index (Phi) is 3.40. The van der Waals surface area contributed by atoms with Crippen molar-refractivity contribution < 1.29 is 0 Å². The Morgan fingerprint density at radius 3 is 2.65 bits per heavy atom. The summed E-state index contributed by atoms with van der Waals surface area (Å²) in [5.74, 6) is 0. The van der Waals surface area contributed by atoms with Crippen LogP contribution in [-0.4, -0.2) is 4.57 Å². The third-order valence-corrected chi connectivity index (χ3v) is 3.16. The molecule has 17 heavy (non-hydrogen) atoms. The Morgan fingerprint density at radius 2 is 1.94 bits per heavy atom. The van der Waals surface area contributed by atoms with Crippen LogP contribution >= 0.6 is 15.9 Å². The molecule has 1 aromatic carbocycles. The minimum atomic E-state index is -0.0906. The monoisotopic (exact) mass is 288 g/mol. The zero-order valence-corrected chi connectivity index (χ0v) is 10.5. The minimum Gasteiger partial charge on any atom is -0.298 e. The van der Waals surface area contributed by atoms with E-state index in [0.717, 1.165) is 5.56 Å². The van der Waals surface area contributed by atoms with Gasteiger partial charge in [-0.3, -0.25) is 9.36 Å². The molecule has 0 atom stereocenters. The summed E-state index contributed by atoms with van der Waals surface area (Å²) >= 11 is 3.33. The Bertz CT molecular complexity index is 640. The molecule has 0 N–H and O–H groups in total. The third kappa shape index (κ3) is 2.45. The molecule has 0 aliphatic rings. The highest BCUT2D eigenvalue weighted by atomic mass is 79.9. The van der Waals surface area contributed by atoms with Gasteiger partial charge in [0, 0.05) is 6.07 Å². The molecule has 0 bridgehead atoms. The van der Waals surface area contributed by atoms with Crippen molar-refractivity contribution in [3.63, 3.8) is 0 Å². The maximum atomic E-state index is 11.7. The number of rotatable bonds is 2. The van der Waals surface area contributed by atoms with Gasteiger partial charge in [-0.25, -0.2) is 0 Å². The fourth-order valence-corrected chi connectivity index (χ4v) is 2.04. The van der Waals surface area contributed by atoms with Crippen molar-refractivity contribution in [2.45, 2.75) is 6.54 Å². The van der Waals surface area contributed by atoms with Crippen LogP contribution in [0.5, 0.6) is 0 Å². The van der Waals surface area contributed by atoms with Gasteiger partial charge in [0.1, 0.15) is 0 Å². The van der Waals surface area contributed by atoms with Crippen LogP contribution in [0.1, 0.15) is 11.1 Å². The Balaban J connectivity index is 2.46. The van der Waals surface area contributed by atoms with Gasteiger partial charge in [0.15, 0.2) is 0 Å². The van der Waals surface area contributed by atoms with Crippen molar-refractivity contribution in [2.75, 3.05) is 0 Å². The first-order chi connectivity index (χ1) is 8.22. The molecule has 0 unspecified atom stereocenters. The number of hydrogen-bond donors (Lipinski definition) is 0. The van der Waals surface area contributed by atoms with Crippen LogP contribution in [0.25, 0.3) is 0 Å². The molecular weight excluding hydrogens is 280 g/mol. The predicted octanol–water partition coefficient (Wildman–Crippen LogP) is 2.53. The van der Waals surface area contributed by atoms with Gasteiger partial charge in [-0.1, -0.05) is 24.3 Å². The van der Waals surface area contributed by atoms with E-state index in [1.165, 1.54) is 6.07 Å². The van der Waals surface area contributed by atoms with E-state index in [9.17, 15) is 4.79 Å². The lowest BCUT2D eigenvalue weighted by atomic mass is 10.1. The molecule has 0 fully saturated rings. The molecule has 3 nitrogen and oxygen atoms in total. The smallest absolute Gasteiger partial charge is 0.251 e. The second-order valence-corrected chi connectivity index (χ2v) is 4.35. The number of pyridine rings is 1. The van der Waals surface area contributed by atoms with E-state index in [4.69, 9.17) is 5.26 Å². The summed E-state index contributed by atoms with van der Waals surface area (Å²) in [7, 11) is 0. The number of benzene rings is 1. The fourth-order valence-electron chi connectivity index (χ4n) is 1.59. The molecule has 0 saturated heterocycles. The normalized spacial score (nSPS) is 9.88. The largest absolute Gasteiger partial charge is 0.298 e. The van der Waals surface area contributed by atoms with Gasteiger partial charge in [0.2, 0.25) is 0 Å². The highest BCUT2D eigenvalue weighted by molar-refractivity contribution is 9.10. The molecule has 84 valence electrons. The van der Waals surface area contributed by atoms with Gasteiger partial charge in [-0.2, -0.15) is 5.26 Å². The van der Waals surface area contributed by atoms with Gasteiger partial charge >= 0.3 is 0 Å². The number of aromatic nitrogens is 1. The van der Waals surface area contributed by atoms with Crippen molar-refractivity contribution >= 4 is 15.9 Å². The van der Waals surface area contributed by atoms with Gasteiger partial charge in [-0.05, 0) is 33.6 Å². The maximum absolute atomic E-state index is 11.7. The van der Waals surface area contributed by atoms with Crippen molar-refractivity contribution in [3.05, 3.63) is 68.5 Å². The molecule has 2 aromatic rings. The fraction of sp³-hybridized carbons (Fsp3) is 0.0769. The maximum Gasteiger partial charge on any atom is 0.251 e. The van der Waals surface area contributed by atoms with Crippen LogP contribution in [0, 0.1) is 11.3 Å². The van der Waals surface area contributed by atoms with Gasteiger partial charge in [0.25, 0.3) is 5.56 Å². The summed E-state index contributed by atoms with van der Waals surface area (Å²) in [6, 6.07) is 14.4. The SMILES string of the molecule is N#Cc1ccccc1Cn1c(Br)cccc1=O. The number of nitrogens with zero attached hydrogens (tertiary/aromatic N) is 2. The standard InChI is InChI=1S/C13H9BrN2O/c14-12-6-3-7-13(17)16(12)9-11-5-2-1-4-10(11)8-15/h1-7H,9H2. The first-order valence-corrected chi connectivity index (χ1v) is 5.85. The van der Waals surface area contributed by atoms with Crippen molar-refractivity contribution in [1.82, 2.24) is 4.57 Å². The van der Waals surface area contributed by atoms with Crippen LogP contribution in [-0.2, 0) is 6.54 Å². The molecule has 0 saturated carbocycles. The molecule has 4 heteroatoms. The van der Waals surface area contributed by atoms with Crippen LogP contribution in [0.2, 0.25) is 0 Å². The summed E-state index contributed by atoms with van der Waals surface area (Å²) in [5.41, 5.74) is 1.34. The Morgan fingerprint density at radius 1 is 1.18 bits per heavy atom.